The molecule has 0 fully saturated rings. The van der Waals surface area contributed by atoms with Crippen molar-refractivity contribution in [3.63, 3.8) is 0 Å². The van der Waals surface area contributed by atoms with Crippen molar-refractivity contribution >= 4 is 5.91 Å². The molecular formula is C19H25N3O2. The Balaban J connectivity index is 2.11. The topological polar surface area (TPSA) is 66.3 Å². The highest BCUT2D eigenvalue weighted by molar-refractivity contribution is 5.94. The van der Waals surface area contributed by atoms with Gasteiger partial charge in [0.25, 0.3) is 5.91 Å². The van der Waals surface area contributed by atoms with Crippen LogP contribution in [0.4, 0.5) is 0 Å². The lowest BCUT2D eigenvalue weighted by atomic mass is 9.97. The highest BCUT2D eigenvalue weighted by Gasteiger charge is 2.20. The first-order valence-corrected chi connectivity index (χ1v) is 8.12. The Kier molecular flexibility index (Phi) is 5.67. The summed E-state index contributed by atoms with van der Waals surface area (Å²) in [6, 6.07) is 9.26. The molecule has 128 valence electrons. The molecule has 0 aliphatic carbocycles. The van der Waals surface area contributed by atoms with Crippen LogP contribution in [0.5, 0.6) is 0 Å². The highest BCUT2D eigenvalue weighted by Crippen LogP contribution is 2.20. The van der Waals surface area contributed by atoms with Crippen LogP contribution in [0.25, 0.3) is 0 Å². The zero-order valence-corrected chi connectivity index (χ0v) is 14.7. The second-order valence-corrected chi connectivity index (χ2v) is 6.74. The summed E-state index contributed by atoms with van der Waals surface area (Å²) in [7, 11) is 1.78. The van der Waals surface area contributed by atoms with E-state index in [1.807, 2.05) is 37.3 Å². The number of carbonyl (C=O) groups excluding carboxylic acids is 1. The van der Waals surface area contributed by atoms with Gasteiger partial charge in [-0.15, -0.1) is 0 Å². The summed E-state index contributed by atoms with van der Waals surface area (Å²) in [4.78, 5) is 22.5. The lowest BCUT2D eigenvalue weighted by molar-refractivity contribution is 0.0714. The minimum absolute atomic E-state index is 0.0498. The maximum absolute atomic E-state index is 12.7. The largest absolute Gasteiger partial charge is 0.390 e. The third-order valence-corrected chi connectivity index (χ3v) is 4.13. The molecule has 24 heavy (non-hydrogen) atoms. The van der Waals surface area contributed by atoms with Gasteiger partial charge in [0.05, 0.1) is 17.3 Å². The van der Waals surface area contributed by atoms with Gasteiger partial charge in [0, 0.05) is 18.8 Å². The summed E-state index contributed by atoms with van der Waals surface area (Å²) in [6.07, 6.45) is 4.55. The molecule has 1 aromatic carbocycles. The van der Waals surface area contributed by atoms with Gasteiger partial charge in [-0.1, -0.05) is 12.1 Å². The van der Waals surface area contributed by atoms with Gasteiger partial charge in [-0.25, -0.2) is 9.97 Å². The standard InChI is InChI=1S/C19H25N3O2/c1-14(17-9-11-20-13-21-17)22(4)18(23)16-7-5-6-15(12-16)8-10-19(2,3)24/h5-7,9,11-14,24H,8,10H2,1-4H3/t14-/m0/s1. The molecule has 0 radical (unpaired) electrons. The summed E-state index contributed by atoms with van der Waals surface area (Å²) in [6.45, 7) is 5.52. The van der Waals surface area contributed by atoms with E-state index in [4.69, 9.17) is 0 Å². The predicted molar refractivity (Wildman–Crippen MR) is 93.6 cm³/mol. The molecule has 1 heterocycles. The van der Waals surface area contributed by atoms with E-state index >= 15 is 0 Å². The van der Waals surface area contributed by atoms with Gasteiger partial charge in [-0.05, 0) is 57.4 Å². The maximum atomic E-state index is 12.7. The summed E-state index contributed by atoms with van der Waals surface area (Å²) >= 11 is 0. The second-order valence-electron chi connectivity index (χ2n) is 6.74. The number of aliphatic hydroxyl groups is 1. The molecule has 0 unspecified atom stereocenters. The zero-order chi connectivity index (χ0) is 17.7. The summed E-state index contributed by atoms with van der Waals surface area (Å²) in [5, 5.41) is 9.86. The molecule has 2 aromatic rings. The SMILES string of the molecule is C[C@@H](c1ccncn1)N(C)C(=O)c1cccc(CCC(C)(C)O)c1. The first-order valence-electron chi connectivity index (χ1n) is 8.12. The third-order valence-electron chi connectivity index (χ3n) is 4.13. The van der Waals surface area contributed by atoms with Crippen molar-refractivity contribution in [2.24, 2.45) is 0 Å². The molecular weight excluding hydrogens is 302 g/mol. The Labute approximate surface area is 143 Å². The van der Waals surface area contributed by atoms with Crippen LogP contribution >= 0.6 is 0 Å². The van der Waals surface area contributed by atoms with E-state index in [2.05, 4.69) is 9.97 Å². The fraction of sp³-hybridized carbons (Fsp3) is 0.421. The van der Waals surface area contributed by atoms with Crippen LogP contribution in [0.1, 0.15) is 54.8 Å². The van der Waals surface area contributed by atoms with E-state index in [0.717, 1.165) is 17.7 Å². The normalized spacial score (nSPS) is 12.7. The third kappa shape index (κ3) is 4.86. The molecule has 1 N–H and O–H groups in total. The lowest BCUT2D eigenvalue weighted by Gasteiger charge is -2.24. The molecule has 0 aliphatic heterocycles. The monoisotopic (exact) mass is 327 g/mol. The number of aromatic nitrogens is 2. The Morgan fingerprint density at radius 3 is 2.71 bits per heavy atom. The minimum Gasteiger partial charge on any atom is -0.390 e. The number of carbonyl (C=O) groups is 1. The van der Waals surface area contributed by atoms with Crippen molar-refractivity contribution in [2.45, 2.75) is 45.3 Å². The lowest BCUT2D eigenvalue weighted by Crippen LogP contribution is -2.30. The van der Waals surface area contributed by atoms with E-state index in [0.29, 0.717) is 12.0 Å². The summed E-state index contributed by atoms with van der Waals surface area (Å²) < 4.78 is 0. The van der Waals surface area contributed by atoms with Crippen molar-refractivity contribution in [3.8, 4) is 0 Å². The Bertz CT molecular complexity index is 681. The average Bonchev–Trinajstić information content (AvgIpc) is 2.58. The van der Waals surface area contributed by atoms with E-state index in [1.165, 1.54) is 6.33 Å². The molecule has 5 heteroatoms. The van der Waals surface area contributed by atoms with Crippen LogP contribution in [-0.4, -0.2) is 38.5 Å². The molecule has 0 bridgehead atoms. The van der Waals surface area contributed by atoms with Gasteiger partial charge >= 0.3 is 0 Å². The van der Waals surface area contributed by atoms with Crippen molar-refractivity contribution < 1.29 is 9.90 Å². The van der Waals surface area contributed by atoms with Crippen molar-refractivity contribution in [3.05, 3.63) is 59.7 Å². The van der Waals surface area contributed by atoms with Gasteiger partial charge in [0.2, 0.25) is 0 Å². The number of rotatable bonds is 6. The first kappa shape index (κ1) is 18.1. The Morgan fingerprint density at radius 2 is 2.08 bits per heavy atom. The van der Waals surface area contributed by atoms with Gasteiger partial charge in [0.15, 0.2) is 0 Å². The van der Waals surface area contributed by atoms with E-state index in [1.54, 1.807) is 32.0 Å². The maximum Gasteiger partial charge on any atom is 0.254 e. The van der Waals surface area contributed by atoms with Gasteiger partial charge in [0.1, 0.15) is 6.33 Å². The van der Waals surface area contributed by atoms with Gasteiger partial charge in [-0.3, -0.25) is 4.79 Å². The fourth-order valence-corrected chi connectivity index (χ4v) is 2.44. The van der Waals surface area contributed by atoms with Crippen molar-refractivity contribution in [1.29, 1.82) is 0 Å². The van der Waals surface area contributed by atoms with Crippen LogP contribution < -0.4 is 0 Å². The molecule has 5 nitrogen and oxygen atoms in total. The van der Waals surface area contributed by atoms with E-state index in [-0.39, 0.29) is 11.9 Å². The summed E-state index contributed by atoms with van der Waals surface area (Å²) in [5.41, 5.74) is 1.79. The molecule has 0 saturated carbocycles. The van der Waals surface area contributed by atoms with E-state index in [9.17, 15) is 9.90 Å². The number of aryl methyl sites for hydroxylation is 1. The van der Waals surface area contributed by atoms with Gasteiger partial charge < -0.3 is 10.0 Å². The molecule has 1 aromatic heterocycles. The number of hydrogen-bond donors (Lipinski definition) is 1. The Morgan fingerprint density at radius 1 is 1.33 bits per heavy atom. The fourth-order valence-electron chi connectivity index (χ4n) is 2.44. The molecule has 1 atom stereocenters. The number of amides is 1. The number of nitrogens with zero attached hydrogens (tertiary/aromatic N) is 3. The van der Waals surface area contributed by atoms with Crippen LogP contribution in [0.3, 0.4) is 0 Å². The predicted octanol–water partition coefficient (Wildman–Crippen LogP) is 3.01. The van der Waals surface area contributed by atoms with E-state index < -0.39 is 5.60 Å². The molecule has 0 saturated heterocycles. The zero-order valence-electron chi connectivity index (χ0n) is 14.7. The molecule has 1 amide bonds. The van der Waals surface area contributed by atoms with Crippen molar-refractivity contribution in [2.75, 3.05) is 7.05 Å². The minimum atomic E-state index is -0.710. The first-order chi connectivity index (χ1) is 11.3. The van der Waals surface area contributed by atoms with Crippen LogP contribution in [-0.2, 0) is 6.42 Å². The number of benzene rings is 1. The molecule has 0 aliphatic rings. The quantitative estimate of drug-likeness (QED) is 0.885. The highest BCUT2D eigenvalue weighted by atomic mass is 16.3. The smallest absolute Gasteiger partial charge is 0.254 e. The van der Waals surface area contributed by atoms with Gasteiger partial charge in [-0.2, -0.15) is 0 Å². The molecule has 2 rings (SSSR count). The number of hydrogen-bond acceptors (Lipinski definition) is 4. The van der Waals surface area contributed by atoms with Crippen LogP contribution in [0.2, 0.25) is 0 Å². The van der Waals surface area contributed by atoms with Crippen LogP contribution in [0, 0.1) is 0 Å². The summed E-state index contributed by atoms with van der Waals surface area (Å²) in [5.74, 6) is -0.0498. The van der Waals surface area contributed by atoms with Crippen molar-refractivity contribution in [1.82, 2.24) is 14.9 Å². The molecule has 0 spiro atoms. The van der Waals surface area contributed by atoms with Crippen LogP contribution in [0.15, 0.2) is 42.9 Å². The average molecular weight is 327 g/mol. The second kappa shape index (κ2) is 7.53. The Hall–Kier alpha value is -2.27.